The maximum Gasteiger partial charge on any atom is 0.348 e. The van der Waals surface area contributed by atoms with Crippen LogP contribution in [0.5, 0.6) is 0 Å². The van der Waals surface area contributed by atoms with Crippen molar-refractivity contribution < 1.29 is 14.6 Å². The molecule has 0 radical (unpaired) electrons. The van der Waals surface area contributed by atoms with Crippen molar-refractivity contribution in [2.45, 2.75) is 19.4 Å². The van der Waals surface area contributed by atoms with E-state index in [1.54, 1.807) is 6.92 Å². The number of aliphatic hydroxyl groups excluding tert-OH is 1. The topological polar surface area (TPSA) is 73.6 Å². The number of hydrogen-bond acceptors (Lipinski definition) is 5. The van der Waals surface area contributed by atoms with Gasteiger partial charge in [-0.1, -0.05) is 19.1 Å². The molecule has 0 amide bonds. The Labute approximate surface area is 125 Å². The first-order valence-electron chi connectivity index (χ1n) is 6.72. The van der Waals surface area contributed by atoms with Gasteiger partial charge in [-0.2, -0.15) is 5.26 Å². The predicted octanol–water partition coefficient (Wildman–Crippen LogP) is 1.97. The van der Waals surface area contributed by atoms with E-state index < -0.39 is 12.1 Å². The van der Waals surface area contributed by atoms with Crippen LogP contribution in [0.4, 0.5) is 5.69 Å². The number of nitriles is 1. The zero-order valence-corrected chi connectivity index (χ0v) is 12.5. The molecule has 21 heavy (non-hydrogen) atoms. The molecular formula is C16H20N2O3. The van der Waals surface area contributed by atoms with Crippen LogP contribution in [0.15, 0.2) is 29.8 Å². The molecule has 0 fully saturated rings. The van der Waals surface area contributed by atoms with Gasteiger partial charge in [0.05, 0.1) is 6.10 Å². The molecule has 0 heterocycles. The van der Waals surface area contributed by atoms with Crippen LogP contribution in [0.2, 0.25) is 0 Å². The molecule has 112 valence electrons. The molecule has 0 bridgehead atoms. The lowest BCUT2D eigenvalue weighted by molar-refractivity contribution is -0.141. The standard InChI is InChI=1S/C16H20N2O3/c1-4-15(19)11-21-16(20)13(10-17)9-12-5-7-14(8-6-12)18(2)3/h5-9,15,19H,4,11H2,1-3H3/b13-9+. The zero-order chi connectivity index (χ0) is 15.8. The second kappa shape index (κ2) is 8.08. The van der Waals surface area contributed by atoms with Gasteiger partial charge in [0, 0.05) is 19.8 Å². The monoisotopic (exact) mass is 288 g/mol. The van der Waals surface area contributed by atoms with Crippen molar-refractivity contribution in [3.05, 3.63) is 35.4 Å². The summed E-state index contributed by atoms with van der Waals surface area (Å²) in [6, 6.07) is 9.26. The summed E-state index contributed by atoms with van der Waals surface area (Å²) in [5.74, 6) is -0.721. The minimum atomic E-state index is -0.721. The van der Waals surface area contributed by atoms with Gasteiger partial charge in [-0.3, -0.25) is 0 Å². The molecule has 0 aromatic heterocycles. The molecule has 1 rings (SSSR count). The average Bonchev–Trinajstić information content (AvgIpc) is 2.50. The normalized spacial score (nSPS) is 12.4. The van der Waals surface area contributed by atoms with Crippen molar-refractivity contribution in [2.75, 3.05) is 25.6 Å². The van der Waals surface area contributed by atoms with Crippen LogP contribution in [-0.4, -0.2) is 37.9 Å². The first-order chi connectivity index (χ1) is 9.97. The third-order valence-corrected chi connectivity index (χ3v) is 2.94. The van der Waals surface area contributed by atoms with Gasteiger partial charge < -0.3 is 14.7 Å². The van der Waals surface area contributed by atoms with E-state index in [0.717, 1.165) is 11.3 Å². The lowest BCUT2D eigenvalue weighted by Gasteiger charge is -2.12. The van der Waals surface area contributed by atoms with Gasteiger partial charge in [0.25, 0.3) is 0 Å². The SMILES string of the molecule is CCC(O)COC(=O)/C(C#N)=C/c1ccc(N(C)C)cc1. The molecule has 0 spiro atoms. The Balaban J connectivity index is 2.79. The van der Waals surface area contributed by atoms with E-state index in [2.05, 4.69) is 0 Å². The van der Waals surface area contributed by atoms with Gasteiger partial charge in [0.2, 0.25) is 0 Å². The van der Waals surface area contributed by atoms with Crippen LogP contribution >= 0.6 is 0 Å². The fraction of sp³-hybridized carbons (Fsp3) is 0.375. The molecule has 0 aliphatic heterocycles. The van der Waals surface area contributed by atoms with E-state index in [0.29, 0.717) is 6.42 Å². The Bertz CT molecular complexity index is 542. The molecule has 1 N–H and O–H groups in total. The van der Waals surface area contributed by atoms with Crippen LogP contribution in [-0.2, 0) is 9.53 Å². The number of nitrogens with zero attached hydrogens (tertiary/aromatic N) is 2. The number of benzene rings is 1. The number of hydrogen-bond donors (Lipinski definition) is 1. The van der Waals surface area contributed by atoms with Crippen molar-refractivity contribution in [2.24, 2.45) is 0 Å². The van der Waals surface area contributed by atoms with Crippen molar-refractivity contribution >= 4 is 17.7 Å². The zero-order valence-electron chi connectivity index (χ0n) is 12.5. The van der Waals surface area contributed by atoms with Crippen LogP contribution < -0.4 is 4.90 Å². The van der Waals surface area contributed by atoms with Crippen molar-refractivity contribution in [3.8, 4) is 6.07 Å². The van der Waals surface area contributed by atoms with Gasteiger partial charge in [-0.15, -0.1) is 0 Å². The van der Waals surface area contributed by atoms with Crippen LogP contribution in [0, 0.1) is 11.3 Å². The third kappa shape index (κ3) is 5.28. The molecule has 0 saturated heterocycles. The van der Waals surface area contributed by atoms with E-state index in [1.165, 1.54) is 6.08 Å². The van der Waals surface area contributed by atoms with Gasteiger partial charge in [-0.05, 0) is 30.2 Å². The first-order valence-corrected chi connectivity index (χ1v) is 6.72. The quantitative estimate of drug-likeness (QED) is 0.492. The van der Waals surface area contributed by atoms with Crippen molar-refractivity contribution in [3.63, 3.8) is 0 Å². The Kier molecular flexibility index (Phi) is 6.44. The highest BCUT2D eigenvalue weighted by Crippen LogP contribution is 2.15. The largest absolute Gasteiger partial charge is 0.459 e. The average molecular weight is 288 g/mol. The number of ether oxygens (including phenoxy) is 1. The van der Waals surface area contributed by atoms with Gasteiger partial charge in [0.1, 0.15) is 18.2 Å². The van der Waals surface area contributed by atoms with E-state index >= 15 is 0 Å². The summed E-state index contributed by atoms with van der Waals surface area (Å²) < 4.78 is 4.89. The molecule has 1 unspecified atom stereocenters. The molecule has 0 aliphatic rings. The summed E-state index contributed by atoms with van der Waals surface area (Å²) in [6.45, 7) is 1.68. The maximum atomic E-state index is 11.7. The number of esters is 1. The highest BCUT2D eigenvalue weighted by Gasteiger charge is 2.12. The lowest BCUT2D eigenvalue weighted by Crippen LogP contribution is -2.18. The molecule has 5 heteroatoms. The smallest absolute Gasteiger partial charge is 0.348 e. The van der Waals surface area contributed by atoms with Gasteiger partial charge >= 0.3 is 5.97 Å². The predicted molar refractivity (Wildman–Crippen MR) is 81.6 cm³/mol. The summed E-state index contributed by atoms with van der Waals surface area (Å²) >= 11 is 0. The maximum absolute atomic E-state index is 11.7. The van der Waals surface area contributed by atoms with Crippen LogP contribution in [0.1, 0.15) is 18.9 Å². The Hall–Kier alpha value is -2.32. The summed E-state index contributed by atoms with van der Waals surface area (Å²) in [6.07, 6.45) is 1.26. The Morgan fingerprint density at radius 3 is 2.52 bits per heavy atom. The fourth-order valence-electron chi connectivity index (χ4n) is 1.54. The number of carbonyl (C=O) groups excluding carboxylic acids is 1. The van der Waals surface area contributed by atoms with E-state index in [1.807, 2.05) is 49.3 Å². The highest BCUT2D eigenvalue weighted by molar-refractivity contribution is 5.97. The Morgan fingerprint density at radius 2 is 2.05 bits per heavy atom. The number of rotatable bonds is 6. The second-order valence-corrected chi connectivity index (χ2v) is 4.82. The number of carbonyl (C=O) groups is 1. The number of anilines is 1. The summed E-state index contributed by atoms with van der Waals surface area (Å²) in [5.41, 5.74) is 1.68. The van der Waals surface area contributed by atoms with Gasteiger partial charge in [-0.25, -0.2) is 4.79 Å². The molecule has 0 saturated carbocycles. The molecular weight excluding hydrogens is 268 g/mol. The van der Waals surface area contributed by atoms with Crippen LogP contribution in [0.3, 0.4) is 0 Å². The minimum Gasteiger partial charge on any atom is -0.459 e. The summed E-state index contributed by atoms with van der Waals surface area (Å²) in [7, 11) is 3.86. The molecule has 1 aromatic rings. The molecule has 1 aromatic carbocycles. The lowest BCUT2D eigenvalue weighted by atomic mass is 10.1. The van der Waals surface area contributed by atoms with Crippen molar-refractivity contribution in [1.29, 1.82) is 5.26 Å². The van der Waals surface area contributed by atoms with Crippen molar-refractivity contribution in [1.82, 2.24) is 0 Å². The van der Waals surface area contributed by atoms with Crippen LogP contribution in [0.25, 0.3) is 6.08 Å². The second-order valence-electron chi connectivity index (χ2n) is 4.82. The molecule has 1 atom stereocenters. The van der Waals surface area contributed by atoms with E-state index in [9.17, 15) is 9.90 Å². The van der Waals surface area contributed by atoms with E-state index in [-0.39, 0.29) is 12.2 Å². The van der Waals surface area contributed by atoms with Gasteiger partial charge in [0.15, 0.2) is 0 Å². The summed E-state index contributed by atoms with van der Waals surface area (Å²) in [5, 5.41) is 18.4. The third-order valence-electron chi connectivity index (χ3n) is 2.94. The summed E-state index contributed by atoms with van der Waals surface area (Å²) in [4.78, 5) is 13.7. The highest BCUT2D eigenvalue weighted by atomic mass is 16.5. The fourth-order valence-corrected chi connectivity index (χ4v) is 1.54. The minimum absolute atomic E-state index is 0.0871. The first kappa shape index (κ1) is 16.7. The van der Waals surface area contributed by atoms with E-state index in [4.69, 9.17) is 10.00 Å². The number of aliphatic hydroxyl groups is 1. The molecule has 0 aliphatic carbocycles. The molecule has 5 nitrogen and oxygen atoms in total. The Morgan fingerprint density at radius 1 is 1.43 bits per heavy atom.